The summed E-state index contributed by atoms with van der Waals surface area (Å²) in [5.74, 6) is -0.273. The van der Waals surface area contributed by atoms with Crippen LogP contribution >= 0.6 is 0 Å². The highest BCUT2D eigenvalue weighted by atomic mass is 16.2. The summed E-state index contributed by atoms with van der Waals surface area (Å²) in [7, 11) is 0. The highest BCUT2D eigenvalue weighted by Gasteiger charge is 2.36. The molecule has 0 saturated carbocycles. The van der Waals surface area contributed by atoms with Gasteiger partial charge in [-0.05, 0) is 36.2 Å². The van der Waals surface area contributed by atoms with Crippen molar-refractivity contribution in [2.75, 3.05) is 6.54 Å². The number of fused-ring (bicyclic) bond motifs is 1. The second kappa shape index (κ2) is 6.81. The number of carbonyl (C=O) groups is 1. The van der Waals surface area contributed by atoms with Gasteiger partial charge in [-0.2, -0.15) is 10.5 Å². The number of hydrogen-bond donors (Lipinski definition) is 1. The maximum absolute atomic E-state index is 12.7. The summed E-state index contributed by atoms with van der Waals surface area (Å²) in [6.45, 7) is 0.550. The minimum Gasteiger partial charge on any atom is -0.345 e. The summed E-state index contributed by atoms with van der Waals surface area (Å²) in [5.41, 5.74) is 2.41. The van der Waals surface area contributed by atoms with Gasteiger partial charge in [0.1, 0.15) is 11.3 Å². The van der Waals surface area contributed by atoms with Crippen molar-refractivity contribution >= 4 is 11.6 Å². The van der Waals surface area contributed by atoms with Gasteiger partial charge in [0.2, 0.25) is 0 Å². The molecule has 3 aromatic rings. The molecule has 1 amide bonds. The molecule has 1 fully saturated rings. The molecule has 0 radical (unpaired) electrons. The van der Waals surface area contributed by atoms with E-state index in [1.165, 1.54) is 0 Å². The summed E-state index contributed by atoms with van der Waals surface area (Å²) in [5, 5.41) is 21.6. The number of carbonyl (C=O) groups excluding carboxylic acids is 1. The van der Waals surface area contributed by atoms with Crippen LogP contribution in [0.4, 0.5) is 0 Å². The Morgan fingerprint density at radius 2 is 2.11 bits per heavy atom. The molecule has 132 valence electrons. The van der Waals surface area contributed by atoms with E-state index in [1.807, 2.05) is 30.5 Å². The van der Waals surface area contributed by atoms with Gasteiger partial charge in [-0.25, -0.2) is 4.98 Å². The van der Waals surface area contributed by atoms with Gasteiger partial charge in [0.15, 0.2) is 6.19 Å². The lowest BCUT2D eigenvalue weighted by Crippen LogP contribution is -2.39. The number of nitrogens with one attached hydrogen (secondary N) is 1. The SMILES string of the molecule is N#Cc1cccc([C@@H]2[C@H](NC(=O)c3cn4ccccc4n3)CCN2C#N)c1. The van der Waals surface area contributed by atoms with Crippen molar-refractivity contribution in [3.63, 3.8) is 0 Å². The Morgan fingerprint density at radius 1 is 1.22 bits per heavy atom. The molecular formula is C20H16N6O. The van der Waals surface area contributed by atoms with Crippen LogP contribution in [0.15, 0.2) is 54.9 Å². The summed E-state index contributed by atoms with van der Waals surface area (Å²) < 4.78 is 1.79. The van der Waals surface area contributed by atoms with Gasteiger partial charge in [0.25, 0.3) is 5.91 Å². The Morgan fingerprint density at radius 3 is 2.89 bits per heavy atom. The number of benzene rings is 1. The number of likely N-dealkylation sites (tertiary alicyclic amines) is 1. The van der Waals surface area contributed by atoms with Gasteiger partial charge in [-0.3, -0.25) is 4.79 Å². The summed E-state index contributed by atoms with van der Waals surface area (Å²) in [6, 6.07) is 14.3. The van der Waals surface area contributed by atoms with E-state index in [9.17, 15) is 10.1 Å². The molecule has 0 spiro atoms. The normalized spacial score (nSPS) is 18.8. The molecule has 0 bridgehead atoms. The van der Waals surface area contributed by atoms with Gasteiger partial charge >= 0.3 is 0 Å². The fourth-order valence-corrected chi connectivity index (χ4v) is 3.55. The molecule has 1 aliphatic heterocycles. The lowest BCUT2D eigenvalue weighted by molar-refractivity contribution is 0.0925. The number of rotatable bonds is 3. The second-order valence-electron chi connectivity index (χ2n) is 6.44. The summed E-state index contributed by atoms with van der Waals surface area (Å²) in [6.07, 6.45) is 6.36. The molecule has 7 nitrogen and oxygen atoms in total. The minimum absolute atomic E-state index is 0.240. The predicted octanol–water partition coefficient (Wildman–Crippen LogP) is 2.23. The van der Waals surface area contributed by atoms with Crippen LogP contribution in [0.2, 0.25) is 0 Å². The molecular weight excluding hydrogens is 340 g/mol. The number of nitrogens with zero attached hydrogens (tertiary/aromatic N) is 5. The standard InChI is InChI=1S/C20H16N6O/c21-11-14-4-3-5-15(10-14)19-16(7-9-26(19)13-22)24-20(27)17-12-25-8-2-1-6-18(25)23-17/h1-6,8,10,12,16,19H,7,9H2,(H,24,27)/t16-,19-/m1/s1. The second-order valence-corrected chi connectivity index (χ2v) is 6.44. The van der Waals surface area contributed by atoms with Crippen LogP contribution in [-0.4, -0.2) is 32.8 Å². The number of imidazole rings is 1. The smallest absolute Gasteiger partial charge is 0.271 e. The van der Waals surface area contributed by atoms with Gasteiger partial charge in [0.05, 0.1) is 23.7 Å². The first-order valence-electron chi connectivity index (χ1n) is 8.60. The van der Waals surface area contributed by atoms with E-state index in [0.717, 1.165) is 5.56 Å². The summed E-state index contributed by atoms with van der Waals surface area (Å²) in [4.78, 5) is 18.7. The molecule has 7 heteroatoms. The van der Waals surface area contributed by atoms with E-state index in [2.05, 4.69) is 22.6 Å². The van der Waals surface area contributed by atoms with Crippen molar-refractivity contribution < 1.29 is 4.79 Å². The Balaban J connectivity index is 1.60. The van der Waals surface area contributed by atoms with Crippen molar-refractivity contribution in [3.05, 3.63) is 71.7 Å². The number of amides is 1. The molecule has 1 aromatic carbocycles. The van der Waals surface area contributed by atoms with Crippen molar-refractivity contribution in [3.8, 4) is 12.3 Å². The molecule has 1 aliphatic rings. The highest BCUT2D eigenvalue weighted by Crippen LogP contribution is 2.32. The number of aromatic nitrogens is 2. The quantitative estimate of drug-likeness (QED) is 0.726. The van der Waals surface area contributed by atoms with Crippen molar-refractivity contribution in [1.29, 1.82) is 10.5 Å². The summed E-state index contributed by atoms with van der Waals surface area (Å²) >= 11 is 0. The monoisotopic (exact) mass is 356 g/mol. The first-order chi connectivity index (χ1) is 13.2. The number of hydrogen-bond acceptors (Lipinski definition) is 5. The Labute approximate surface area is 156 Å². The maximum Gasteiger partial charge on any atom is 0.271 e. The van der Waals surface area contributed by atoms with Crippen LogP contribution < -0.4 is 5.32 Å². The lowest BCUT2D eigenvalue weighted by Gasteiger charge is -2.25. The molecule has 4 rings (SSSR count). The first kappa shape index (κ1) is 16.6. The van der Waals surface area contributed by atoms with E-state index >= 15 is 0 Å². The third-order valence-electron chi connectivity index (χ3n) is 4.80. The average Bonchev–Trinajstić information content (AvgIpc) is 3.31. The topological polar surface area (TPSA) is 97.2 Å². The molecule has 27 heavy (non-hydrogen) atoms. The molecule has 0 aliphatic carbocycles. The van der Waals surface area contributed by atoms with E-state index in [0.29, 0.717) is 29.9 Å². The molecule has 3 heterocycles. The average molecular weight is 356 g/mol. The van der Waals surface area contributed by atoms with Crippen LogP contribution in [0.5, 0.6) is 0 Å². The molecule has 0 unspecified atom stereocenters. The van der Waals surface area contributed by atoms with Crippen molar-refractivity contribution in [1.82, 2.24) is 19.6 Å². The fourth-order valence-electron chi connectivity index (χ4n) is 3.55. The van der Waals surface area contributed by atoms with Crippen molar-refractivity contribution in [2.45, 2.75) is 18.5 Å². The predicted molar refractivity (Wildman–Crippen MR) is 97.3 cm³/mol. The zero-order valence-electron chi connectivity index (χ0n) is 14.4. The first-order valence-corrected chi connectivity index (χ1v) is 8.60. The highest BCUT2D eigenvalue weighted by molar-refractivity contribution is 5.93. The zero-order valence-corrected chi connectivity index (χ0v) is 14.4. The van der Waals surface area contributed by atoms with Crippen LogP contribution in [0.1, 0.15) is 34.1 Å². The van der Waals surface area contributed by atoms with E-state index < -0.39 is 0 Å². The third kappa shape index (κ3) is 3.07. The zero-order chi connectivity index (χ0) is 18.8. The van der Waals surface area contributed by atoms with Crippen molar-refractivity contribution in [2.24, 2.45) is 0 Å². The third-order valence-corrected chi connectivity index (χ3v) is 4.80. The Kier molecular flexibility index (Phi) is 4.19. The van der Waals surface area contributed by atoms with Crippen LogP contribution in [0.25, 0.3) is 5.65 Å². The van der Waals surface area contributed by atoms with Gasteiger partial charge in [-0.1, -0.05) is 18.2 Å². The number of pyridine rings is 1. The van der Waals surface area contributed by atoms with Gasteiger partial charge in [-0.15, -0.1) is 0 Å². The fraction of sp³-hybridized carbons (Fsp3) is 0.200. The molecule has 2 atom stereocenters. The van der Waals surface area contributed by atoms with Crippen LogP contribution in [0, 0.1) is 22.8 Å². The van der Waals surface area contributed by atoms with Crippen LogP contribution in [-0.2, 0) is 0 Å². The Hall–Kier alpha value is -3.84. The molecule has 1 N–H and O–H groups in total. The van der Waals surface area contributed by atoms with E-state index in [-0.39, 0.29) is 18.0 Å². The van der Waals surface area contributed by atoms with E-state index in [1.54, 1.807) is 33.7 Å². The van der Waals surface area contributed by atoms with Gasteiger partial charge in [0, 0.05) is 18.9 Å². The minimum atomic E-state index is -0.302. The Bertz CT molecular complexity index is 1060. The number of nitriles is 2. The maximum atomic E-state index is 12.7. The largest absolute Gasteiger partial charge is 0.345 e. The van der Waals surface area contributed by atoms with Crippen LogP contribution in [0.3, 0.4) is 0 Å². The van der Waals surface area contributed by atoms with Gasteiger partial charge < -0.3 is 14.6 Å². The lowest BCUT2D eigenvalue weighted by atomic mass is 9.98. The molecule has 1 saturated heterocycles. The van der Waals surface area contributed by atoms with E-state index in [4.69, 9.17) is 5.26 Å². The molecule has 2 aromatic heterocycles.